The van der Waals surface area contributed by atoms with Gasteiger partial charge in [-0.15, -0.1) is 0 Å². The van der Waals surface area contributed by atoms with Crippen LogP contribution in [0.15, 0.2) is 46.5 Å². The van der Waals surface area contributed by atoms with Crippen molar-refractivity contribution in [3.8, 4) is 5.75 Å². The van der Waals surface area contributed by atoms with Crippen LogP contribution in [0.5, 0.6) is 5.75 Å². The fourth-order valence-corrected chi connectivity index (χ4v) is 2.32. The van der Waals surface area contributed by atoms with Gasteiger partial charge in [-0.1, -0.05) is 23.9 Å². The Morgan fingerprint density at radius 1 is 1.28 bits per heavy atom. The Hall–Kier alpha value is -1.75. The summed E-state index contributed by atoms with van der Waals surface area (Å²) in [6, 6.07) is 9.39. The Balaban J connectivity index is 1.86. The molecule has 0 aliphatic carbocycles. The lowest BCUT2D eigenvalue weighted by atomic mass is 10.2. The molecule has 18 heavy (non-hydrogen) atoms. The molecule has 4 nitrogen and oxygen atoms in total. The zero-order valence-electron chi connectivity index (χ0n) is 10.1. The van der Waals surface area contributed by atoms with Gasteiger partial charge in [-0.3, -0.25) is 4.79 Å². The highest BCUT2D eigenvalue weighted by Crippen LogP contribution is 2.15. The van der Waals surface area contributed by atoms with Crippen molar-refractivity contribution in [3.63, 3.8) is 0 Å². The number of nitrogens with one attached hydrogen (secondary N) is 1. The normalized spacial score (nSPS) is 10.3. The van der Waals surface area contributed by atoms with Gasteiger partial charge in [-0.2, -0.15) is 0 Å². The molecule has 0 amide bonds. The monoisotopic (exact) mass is 262 g/mol. The molecule has 0 aliphatic rings. The number of benzene rings is 1. The van der Waals surface area contributed by atoms with E-state index in [1.165, 1.54) is 17.8 Å². The molecular weight excluding hydrogens is 248 g/mol. The fourth-order valence-electron chi connectivity index (χ4n) is 1.48. The van der Waals surface area contributed by atoms with E-state index in [0.717, 1.165) is 17.9 Å². The molecular formula is C13H14N2O2S. The van der Waals surface area contributed by atoms with Gasteiger partial charge in [0.1, 0.15) is 5.75 Å². The molecule has 0 unspecified atom stereocenters. The second-order valence-electron chi connectivity index (χ2n) is 3.69. The van der Waals surface area contributed by atoms with Crippen LogP contribution < -0.4 is 10.3 Å². The molecule has 0 saturated carbocycles. The molecule has 0 saturated heterocycles. The van der Waals surface area contributed by atoms with E-state index in [4.69, 9.17) is 4.74 Å². The van der Waals surface area contributed by atoms with Crippen molar-refractivity contribution >= 4 is 11.8 Å². The fraction of sp³-hybridized carbons (Fsp3) is 0.231. The molecule has 2 aromatic rings. The topological polar surface area (TPSA) is 55.0 Å². The van der Waals surface area contributed by atoms with Crippen LogP contribution in [-0.4, -0.2) is 22.8 Å². The molecule has 2 rings (SSSR count). The number of rotatable bonds is 5. The van der Waals surface area contributed by atoms with Crippen molar-refractivity contribution < 1.29 is 4.74 Å². The molecule has 5 heteroatoms. The third-order valence-corrected chi connectivity index (χ3v) is 3.33. The highest BCUT2D eigenvalue weighted by molar-refractivity contribution is 7.99. The number of nitrogens with zero attached hydrogens (tertiary/aromatic N) is 1. The first kappa shape index (κ1) is 12.7. The molecule has 1 heterocycles. The van der Waals surface area contributed by atoms with Crippen molar-refractivity contribution in [2.45, 2.75) is 11.6 Å². The minimum absolute atomic E-state index is 0.114. The predicted molar refractivity (Wildman–Crippen MR) is 72.3 cm³/mol. The molecule has 1 aromatic carbocycles. The number of thioether (sulfide) groups is 1. The van der Waals surface area contributed by atoms with Crippen molar-refractivity contribution in [3.05, 3.63) is 52.4 Å². The minimum atomic E-state index is -0.114. The number of methoxy groups -OCH3 is 1. The molecule has 0 fully saturated rings. The lowest BCUT2D eigenvalue weighted by molar-refractivity contribution is 0.414. The third-order valence-electron chi connectivity index (χ3n) is 2.44. The van der Waals surface area contributed by atoms with Gasteiger partial charge in [-0.25, -0.2) is 4.98 Å². The standard InChI is InChI=1S/C13H14N2O2S/c1-17-11-4-2-10(3-5-11)7-9-18-13-14-8-6-12(16)15-13/h2-6,8H,7,9H2,1H3,(H,14,15,16). The van der Waals surface area contributed by atoms with Crippen molar-refractivity contribution in [2.75, 3.05) is 12.9 Å². The summed E-state index contributed by atoms with van der Waals surface area (Å²) < 4.78 is 5.10. The van der Waals surface area contributed by atoms with E-state index in [0.29, 0.717) is 5.16 Å². The van der Waals surface area contributed by atoms with Crippen LogP contribution in [0.2, 0.25) is 0 Å². The zero-order valence-corrected chi connectivity index (χ0v) is 10.9. The van der Waals surface area contributed by atoms with Gasteiger partial charge < -0.3 is 9.72 Å². The number of aromatic amines is 1. The Morgan fingerprint density at radius 2 is 2.06 bits per heavy atom. The molecule has 0 atom stereocenters. The van der Waals surface area contributed by atoms with E-state index in [1.807, 2.05) is 24.3 Å². The number of hydrogen-bond acceptors (Lipinski definition) is 4. The Morgan fingerprint density at radius 3 is 2.72 bits per heavy atom. The van der Waals surface area contributed by atoms with Gasteiger partial charge >= 0.3 is 0 Å². The van der Waals surface area contributed by atoms with Gasteiger partial charge in [0.05, 0.1) is 7.11 Å². The van der Waals surface area contributed by atoms with E-state index < -0.39 is 0 Å². The zero-order chi connectivity index (χ0) is 12.8. The Bertz CT molecular complexity index is 551. The van der Waals surface area contributed by atoms with Gasteiger partial charge in [0.25, 0.3) is 5.56 Å². The van der Waals surface area contributed by atoms with Crippen LogP contribution in [0.25, 0.3) is 0 Å². The van der Waals surface area contributed by atoms with E-state index in [-0.39, 0.29) is 5.56 Å². The molecule has 0 aliphatic heterocycles. The van der Waals surface area contributed by atoms with E-state index in [9.17, 15) is 4.79 Å². The number of ether oxygens (including phenoxy) is 1. The largest absolute Gasteiger partial charge is 0.497 e. The number of hydrogen-bond donors (Lipinski definition) is 1. The number of H-pyrrole nitrogens is 1. The summed E-state index contributed by atoms with van der Waals surface area (Å²) in [5, 5.41) is 0.663. The smallest absolute Gasteiger partial charge is 0.251 e. The Labute approximate surface area is 109 Å². The van der Waals surface area contributed by atoms with Gasteiger partial charge in [0.2, 0.25) is 0 Å². The first-order valence-electron chi connectivity index (χ1n) is 5.59. The summed E-state index contributed by atoms with van der Waals surface area (Å²) >= 11 is 1.54. The van der Waals surface area contributed by atoms with Crippen LogP contribution in [-0.2, 0) is 6.42 Å². The number of aryl methyl sites for hydroxylation is 1. The van der Waals surface area contributed by atoms with Crippen LogP contribution in [0, 0.1) is 0 Å². The van der Waals surface area contributed by atoms with E-state index in [1.54, 1.807) is 18.9 Å². The van der Waals surface area contributed by atoms with Gasteiger partial charge in [-0.05, 0) is 24.1 Å². The second kappa shape index (κ2) is 6.26. The van der Waals surface area contributed by atoms with Crippen molar-refractivity contribution in [1.29, 1.82) is 0 Å². The lowest BCUT2D eigenvalue weighted by Gasteiger charge is -2.03. The highest BCUT2D eigenvalue weighted by atomic mass is 32.2. The van der Waals surface area contributed by atoms with Crippen molar-refractivity contribution in [1.82, 2.24) is 9.97 Å². The summed E-state index contributed by atoms with van der Waals surface area (Å²) in [4.78, 5) is 17.8. The summed E-state index contributed by atoms with van der Waals surface area (Å²) in [7, 11) is 1.66. The molecule has 0 spiro atoms. The van der Waals surface area contributed by atoms with Crippen LogP contribution >= 0.6 is 11.8 Å². The van der Waals surface area contributed by atoms with Gasteiger partial charge in [0, 0.05) is 18.0 Å². The maximum absolute atomic E-state index is 11.1. The first-order valence-corrected chi connectivity index (χ1v) is 6.57. The number of aromatic nitrogens is 2. The summed E-state index contributed by atoms with van der Waals surface area (Å²) in [5.41, 5.74) is 1.12. The summed E-state index contributed by atoms with van der Waals surface area (Å²) in [6.07, 6.45) is 2.45. The third kappa shape index (κ3) is 3.63. The van der Waals surface area contributed by atoms with Crippen LogP contribution in [0.3, 0.4) is 0 Å². The summed E-state index contributed by atoms with van der Waals surface area (Å²) in [5.74, 6) is 1.74. The molecule has 1 aromatic heterocycles. The highest BCUT2D eigenvalue weighted by Gasteiger charge is 1.98. The lowest BCUT2D eigenvalue weighted by Crippen LogP contribution is -2.05. The maximum Gasteiger partial charge on any atom is 0.251 e. The second-order valence-corrected chi connectivity index (χ2v) is 4.77. The maximum atomic E-state index is 11.1. The first-order chi connectivity index (χ1) is 8.78. The minimum Gasteiger partial charge on any atom is -0.497 e. The Kier molecular flexibility index (Phi) is 4.41. The molecule has 0 radical (unpaired) electrons. The quantitative estimate of drug-likeness (QED) is 0.662. The van der Waals surface area contributed by atoms with Crippen molar-refractivity contribution in [2.24, 2.45) is 0 Å². The van der Waals surface area contributed by atoms with Crippen LogP contribution in [0.4, 0.5) is 0 Å². The molecule has 1 N–H and O–H groups in total. The van der Waals surface area contributed by atoms with Gasteiger partial charge in [0.15, 0.2) is 5.16 Å². The van der Waals surface area contributed by atoms with E-state index >= 15 is 0 Å². The molecule has 94 valence electrons. The SMILES string of the molecule is COc1ccc(CCSc2nccc(=O)[nH]2)cc1. The predicted octanol–water partition coefficient (Wildman–Crippen LogP) is 2.11. The van der Waals surface area contributed by atoms with E-state index in [2.05, 4.69) is 9.97 Å². The summed E-state index contributed by atoms with van der Waals surface area (Å²) in [6.45, 7) is 0. The molecule has 0 bridgehead atoms. The average molecular weight is 262 g/mol. The van der Waals surface area contributed by atoms with Crippen LogP contribution in [0.1, 0.15) is 5.56 Å². The average Bonchev–Trinajstić information content (AvgIpc) is 2.40.